The highest BCUT2D eigenvalue weighted by Gasteiger charge is 2.31. The number of aliphatic hydroxyl groups is 1. The minimum Gasteiger partial charge on any atom is -0.388 e. The number of nitrogens with two attached hydrogens (primary N) is 1. The summed E-state index contributed by atoms with van der Waals surface area (Å²) in [6, 6.07) is 0. The van der Waals surface area contributed by atoms with Crippen molar-refractivity contribution < 1.29 is 9.90 Å². The number of carbonyl (C=O) groups is 1. The second-order valence-electron chi connectivity index (χ2n) is 4.75. The summed E-state index contributed by atoms with van der Waals surface area (Å²) >= 11 is 0. The monoisotopic (exact) mass is 214 g/mol. The van der Waals surface area contributed by atoms with Crippen molar-refractivity contribution in [3.05, 3.63) is 0 Å². The van der Waals surface area contributed by atoms with Crippen molar-refractivity contribution in [3.63, 3.8) is 0 Å². The summed E-state index contributed by atoms with van der Waals surface area (Å²) in [4.78, 5) is 11.4. The maximum atomic E-state index is 11.4. The van der Waals surface area contributed by atoms with Gasteiger partial charge in [0.2, 0.25) is 5.91 Å². The van der Waals surface area contributed by atoms with Crippen molar-refractivity contribution in [1.82, 2.24) is 5.32 Å². The number of rotatable bonds is 5. The minimum absolute atomic E-state index is 0.00623. The van der Waals surface area contributed by atoms with E-state index in [0.29, 0.717) is 19.5 Å². The lowest BCUT2D eigenvalue weighted by atomic mass is 10.0. The molecule has 1 rings (SSSR count). The van der Waals surface area contributed by atoms with Crippen LogP contribution in [0.1, 0.15) is 39.0 Å². The van der Waals surface area contributed by atoms with Gasteiger partial charge in [-0.05, 0) is 25.3 Å². The van der Waals surface area contributed by atoms with E-state index in [4.69, 9.17) is 5.73 Å². The third-order valence-electron chi connectivity index (χ3n) is 3.09. The van der Waals surface area contributed by atoms with E-state index in [0.717, 1.165) is 25.7 Å². The summed E-state index contributed by atoms with van der Waals surface area (Å²) in [7, 11) is 0. The Kier molecular flexibility index (Phi) is 4.54. The molecule has 0 aromatic rings. The van der Waals surface area contributed by atoms with Gasteiger partial charge in [-0.15, -0.1) is 0 Å². The van der Waals surface area contributed by atoms with Gasteiger partial charge in [0.15, 0.2) is 0 Å². The fourth-order valence-electron chi connectivity index (χ4n) is 1.94. The highest BCUT2D eigenvalue weighted by Crippen LogP contribution is 2.28. The second-order valence-corrected chi connectivity index (χ2v) is 4.75. The third kappa shape index (κ3) is 4.18. The summed E-state index contributed by atoms with van der Waals surface area (Å²) in [5.74, 6) is 0.205. The zero-order chi connectivity index (χ0) is 11.3. The molecule has 1 amide bonds. The highest BCUT2D eigenvalue weighted by molar-refractivity contribution is 5.76. The standard InChI is InChI=1S/C11H22N2O2/c1-9(7-12)6-10(14)13-8-11(15)4-2-3-5-11/h9,15H,2-8,12H2,1H3,(H,13,14). The molecule has 4 N–H and O–H groups in total. The first-order valence-corrected chi connectivity index (χ1v) is 5.75. The predicted octanol–water partition coefficient (Wildman–Crippen LogP) is 0.393. The van der Waals surface area contributed by atoms with Crippen LogP contribution in [0.25, 0.3) is 0 Å². The van der Waals surface area contributed by atoms with Gasteiger partial charge in [0.1, 0.15) is 0 Å². The highest BCUT2D eigenvalue weighted by atomic mass is 16.3. The molecular formula is C11H22N2O2. The number of nitrogens with one attached hydrogen (secondary N) is 1. The molecule has 0 aromatic heterocycles. The number of hydrogen-bond acceptors (Lipinski definition) is 3. The molecule has 1 atom stereocenters. The molecule has 1 unspecified atom stereocenters. The van der Waals surface area contributed by atoms with Gasteiger partial charge in [-0.1, -0.05) is 19.8 Å². The minimum atomic E-state index is -0.651. The van der Waals surface area contributed by atoms with Gasteiger partial charge in [0, 0.05) is 13.0 Å². The van der Waals surface area contributed by atoms with Crippen LogP contribution >= 0.6 is 0 Å². The molecule has 0 aromatic carbocycles. The average molecular weight is 214 g/mol. The van der Waals surface area contributed by atoms with Gasteiger partial charge in [0.25, 0.3) is 0 Å². The van der Waals surface area contributed by atoms with Crippen molar-refractivity contribution >= 4 is 5.91 Å². The van der Waals surface area contributed by atoms with Crippen LogP contribution in [0.2, 0.25) is 0 Å². The molecule has 4 nitrogen and oxygen atoms in total. The number of hydrogen-bond donors (Lipinski definition) is 3. The van der Waals surface area contributed by atoms with Gasteiger partial charge < -0.3 is 16.2 Å². The fraction of sp³-hybridized carbons (Fsp3) is 0.909. The van der Waals surface area contributed by atoms with E-state index in [-0.39, 0.29) is 11.8 Å². The predicted molar refractivity (Wildman–Crippen MR) is 59.3 cm³/mol. The Labute approximate surface area is 91.2 Å². The first kappa shape index (κ1) is 12.5. The molecule has 4 heteroatoms. The topological polar surface area (TPSA) is 75.4 Å². The Morgan fingerprint density at radius 3 is 2.67 bits per heavy atom. The lowest BCUT2D eigenvalue weighted by Crippen LogP contribution is -2.41. The maximum absolute atomic E-state index is 11.4. The molecule has 0 heterocycles. The van der Waals surface area contributed by atoms with Gasteiger partial charge in [0.05, 0.1) is 5.60 Å². The van der Waals surface area contributed by atoms with Crippen molar-refractivity contribution in [3.8, 4) is 0 Å². The molecular weight excluding hydrogens is 192 g/mol. The van der Waals surface area contributed by atoms with Gasteiger partial charge in [-0.2, -0.15) is 0 Å². The maximum Gasteiger partial charge on any atom is 0.220 e. The number of carbonyl (C=O) groups excluding carboxylic acids is 1. The van der Waals surface area contributed by atoms with E-state index in [1.165, 1.54) is 0 Å². The molecule has 0 aliphatic heterocycles. The first-order chi connectivity index (χ1) is 7.06. The zero-order valence-corrected chi connectivity index (χ0v) is 9.46. The molecule has 1 fully saturated rings. The zero-order valence-electron chi connectivity index (χ0n) is 9.46. The van der Waals surface area contributed by atoms with Gasteiger partial charge >= 0.3 is 0 Å². The molecule has 0 saturated heterocycles. The Morgan fingerprint density at radius 2 is 2.13 bits per heavy atom. The van der Waals surface area contributed by atoms with Gasteiger partial charge in [-0.3, -0.25) is 4.79 Å². The quantitative estimate of drug-likeness (QED) is 0.620. The Balaban J connectivity index is 2.21. The summed E-state index contributed by atoms with van der Waals surface area (Å²) in [6.45, 7) is 2.87. The first-order valence-electron chi connectivity index (χ1n) is 5.75. The molecule has 0 bridgehead atoms. The molecule has 1 aliphatic rings. The van der Waals surface area contributed by atoms with Crippen LogP contribution in [-0.4, -0.2) is 29.7 Å². The van der Waals surface area contributed by atoms with E-state index in [1.54, 1.807) is 0 Å². The van der Waals surface area contributed by atoms with E-state index >= 15 is 0 Å². The van der Waals surface area contributed by atoms with Crippen LogP contribution in [-0.2, 0) is 4.79 Å². The summed E-state index contributed by atoms with van der Waals surface area (Å²) in [5.41, 5.74) is 4.78. The van der Waals surface area contributed by atoms with Crippen molar-refractivity contribution in [2.75, 3.05) is 13.1 Å². The second kappa shape index (κ2) is 5.47. The molecule has 88 valence electrons. The van der Waals surface area contributed by atoms with Crippen LogP contribution in [0.3, 0.4) is 0 Å². The van der Waals surface area contributed by atoms with E-state index < -0.39 is 5.60 Å². The van der Waals surface area contributed by atoms with Crippen molar-refractivity contribution in [2.45, 2.75) is 44.6 Å². The van der Waals surface area contributed by atoms with Crippen LogP contribution in [0.15, 0.2) is 0 Å². The summed E-state index contributed by atoms with van der Waals surface area (Å²) in [5, 5.41) is 12.8. The lowest BCUT2D eigenvalue weighted by Gasteiger charge is -2.22. The largest absolute Gasteiger partial charge is 0.388 e. The third-order valence-corrected chi connectivity index (χ3v) is 3.09. The Hall–Kier alpha value is -0.610. The average Bonchev–Trinajstić information content (AvgIpc) is 2.63. The lowest BCUT2D eigenvalue weighted by molar-refractivity contribution is -0.123. The van der Waals surface area contributed by atoms with Crippen LogP contribution in [0.4, 0.5) is 0 Å². The van der Waals surface area contributed by atoms with E-state index in [2.05, 4.69) is 5.32 Å². The van der Waals surface area contributed by atoms with Crippen LogP contribution in [0, 0.1) is 5.92 Å². The molecule has 1 aliphatic carbocycles. The fourth-order valence-corrected chi connectivity index (χ4v) is 1.94. The molecule has 0 radical (unpaired) electrons. The summed E-state index contributed by atoms with van der Waals surface area (Å²) in [6.07, 6.45) is 4.18. The van der Waals surface area contributed by atoms with E-state index in [9.17, 15) is 9.90 Å². The molecule has 15 heavy (non-hydrogen) atoms. The Morgan fingerprint density at radius 1 is 1.53 bits per heavy atom. The molecule has 0 spiro atoms. The van der Waals surface area contributed by atoms with Crippen LogP contribution in [0.5, 0.6) is 0 Å². The van der Waals surface area contributed by atoms with Crippen molar-refractivity contribution in [1.29, 1.82) is 0 Å². The van der Waals surface area contributed by atoms with Crippen molar-refractivity contribution in [2.24, 2.45) is 11.7 Å². The van der Waals surface area contributed by atoms with Gasteiger partial charge in [-0.25, -0.2) is 0 Å². The SMILES string of the molecule is CC(CN)CC(=O)NCC1(O)CCCC1. The Bertz CT molecular complexity index is 213. The number of amides is 1. The van der Waals surface area contributed by atoms with Crippen LogP contribution < -0.4 is 11.1 Å². The smallest absolute Gasteiger partial charge is 0.220 e. The normalized spacial score (nSPS) is 21.3. The summed E-state index contributed by atoms with van der Waals surface area (Å²) < 4.78 is 0. The molecule has 1 saturated carbocycles. The van der Waals surface area contributed by atoms with E-state index in [1.807, 2.05) is 6.92 Å².